The van der Waals surface area contributed by atoms with E-state index in [9.17, 15) is 14.4 Å². The molecule has 0 aliphatic rings. The fraction of sp³-hybridized carbons (Fsp3) is 0.746. The number of esters is 3. The van der Waals surface area contributed by atoms with Crippen LogP contribution in [0.4, 0.5) is 0 Å². The molecule has 0 aromatic rings. The molecule has 0 N–H and O–H groups in total. The highest BCUT2D eigenvalue weighted by atomic mass is 16.6. The van der Waals surface area contributed by atoms with Crippen molar-refractivity contribution in [1.82, 2.24) is 0 Å². The Bertz CT molecular complexity index is 1230. The van der Waals surface area contributed by atoms with E-state index in [1.54, 1.807) is 0 Å². The van der Waals surface area contributed by atoms with Crippen LogP contribution in [-0.2, 0) is 28.6 Å². The third-order valence-corrected chi connectivity index (χ3v) is 11.7. The zero-order chi connectivity index (χ0) is 47.2. The summed E-state index contributed by atoms with van der Waals surface area (Å²) in [6, 6.07) is 0. The van der Waals surface area contributed by atoms with Crippen molar-refractivity contribution in [3.8, 4) is 0 Å². The van der Waals surface area contributed by atoms with Crippen molar-refractivity contribution in [2.45, 2.75) is 271 Å². The molecule has 0 aromatic heterocycles. The molecule has 0 rings (SSSR count). The fourth-order valence-electron chi connectivity index (χ4n) is 7.58. The molecule has 0 aliphatic heterocycles. The first kappa shape index (κ1) is 61.9. The van der Waals surface area contributed by atoms with E-state index in [0.29, 0.717) is 19.3 Å². The first-order valence-corrected chi connectivity index (χ1v) is 27.4. The van der Waals surface area contributed by atoms with Crippen LogP contribution in [0.2, 0.25) is 0 Å². The quantitative estimate of drug-likeness (QED) is 0.0262. The van der Waals surface area contributed by atoms with Crippen LogP contribution in [0.15, 0.2) is 72.9 Å². The molecular weight excluding hydrogens is 805 g/mol. The van der Waals surface area contributed by atoms with Gasteiger partial charge in [0.05, 0.1) is 0 Å². The Morgan fingerprint density at radius 1 is 0.323 bits per heavy atom. The molecule has 0 fully saturated rings. The third kappa shape index (κ3) is 51.7. The summed E-state index contributed by atoms with van der Waals surface area (Å²) in [5.41, 5.74) is 0. The predicted molar refractivity (Wildman–Crippen MR) is 279 cm³/mol. The summed E-state index contributed by atoms with van der Waals surface area (Å²) in [6.07, 6.45) is 67.6. The number of carbonyl (C=O) groups excluding carboxylic acids is 3. The van der Waals surface area contributed by atoms with E-state index >= 15 is 0 Å². The van der Waals surface area contributed by atoms with Crippen LogP contribution in [-0.4, -0.2) is 37.2 Å². The van der Waals surface area contributed by atoms with E-state index in [1.807, 2.05) is 0 Å². The van der Waals surface area contributed by atoms with Gasteiger partial charge in [-0.3, -0.25) is 14.4 Å². The number of carbonyl (C=O) groups is 3. The van der Waals surface area contributed by atoms with Gasteiger partial charge in [0, 0.05) is 19.3 Å². The van der Waals surface area contributed by atoms with Crippen LogP contribution >= 0.6 is 0 Å². The minimum Gasteiger partial charge on any atom is -0.462 e. The van der Waals surface area contributed by atoms with Gasteiger partial charge in [-0.15, -0.1) is 0 Å². The number of rotatable bonds is 49. The van der Waals surface area contributed by atoms with Crippen molar-refractivity contribution in [2.24, 2.45) is 0 Å². The first-order valence-electron chi connectivity index (χ1n) is 27.4. The fourth-order valence-corrected chi connectivity index (χ4v) is 7.58. The van der Waals surface area contributed by atoms with E-state index in [0.717, 1.165) is 109 Å². The Morgan fingerprint density at radius 3 is 0.954 bits per heavy atom. The van der Waals surface area contributed by atoms with E-state index in [-0.39, 0.29) is 31.1 Å². The minimum atomic E-state index is -0.781. The second-order valence-corrected chi connectivity index (χ2v) is 18.1. The highest BCUT2D eigenvalue weighted by Crippen LogP contribution is 2.15. The molecule has 0 aromatic carbocycles. The van der Waals surface area contributed by atoms with Gasteiger partial charge in [-0.2, -0.15) is 0 Å². The lowest BCUT2D eigenvalue weighted by atomic mass is 10.1. The summed E-state index contributed by atoms with van der Waals surface area (Å²) in [5, 5.41) is 0. The van der Waals surface area contributed by atoms with Crippen LogP contribution in [0.5, 0.6) is 0 Å². The van der Waals surface area contributed by atoms with Gasteiger partial charge in [0.1, 0.15) is 13.2 Å². The van der Waals surface area contributed by atoms with Crippen molar-refractivity contribution < 1.29 is 28.6 Å². The summed E-state index contributed by atoms with van der Waals surface area (Å²) in [5.74, 6) is -0.905. The summed E-state index contributed by atoms with van der Waals surface area (Å²) >= 11 is 0. The van der Waals surface area contributed by atoms with Crippen LogP contribution in [0.25, 0.3) is 0 Å². The summed E-state index contributed by atoms with van der Waals surface area (Å²) < 4.78 is 16.8. The Morgan fingerprint density at radius 2 is 0.600 bits per heavy atom. The van der Waals surface area contributed by atoms with Crippen LogP contribution in [0, 0.1) is 0 Å². The molecule has 1 atom stereocenters. The highest BCUT2D eigenvalue weighted by Gasteiger charge is 2.19. The molecule has 1 unspecified atom stereocenters. The van der Waals surface area contributed by atoms with Gasteiger partial charge in [-0.1, -0.05) is 229 Å². The normalized spacial score (nSPS) is 12.6. The van der Waals surface area contributed by atoms with Crippen LogP contribution < -0.4 is 0 Å². The van der Waals surface area contributed by atoms with Gasteiger partial charge >= 0.3 is 17.9 Å². The van der Waals surface area contributed by atoms with Crippen molar-refractivity contribution in [1.29, 1.82) is 0 Å². The van der Waals surface area contributed by atoms with Gasteiger partial charge in [-0.05, 0) is 89.9 Å². The van der Waals surface area contributed by atoms with E-state index in [1.165, 1.54) is 116 Å². The number of ether oxygens (including phenoxy) is 3. The Kier molecular flexibility index (Phi) is 50.9. The summed E-state index contributed by atoms with van der Waals surface area (Å²) in [6.45, 7) is 6.47. The number of hydrogen-bond acceptors (Lipinski definition) is 6. The molecule has 0 saturated carbocycles. The Balaban J connectivity index is 4.26. The molecule has 6 heteroatoms. The zero-order valence-corrected chi connectivity index (χ0v) is 42.7. The average Bonchev–Trinajstić information content (AvgIpc) is 3.30. The van der Waals surface area contributed by atoms with Crippen molar-refractivity contribution in [2.75, 3.05) is 13.2 Å². The van der Waals surface area contributed by atoms with Gasteiger partial charge < -0.3 is 14.2 Å². The summed E-state index contributed by atoms with van der Waals surface area (Å²) in [4.78, 5) is 37.9. The standard InChI is InChI=1S/C59H102O6/c1-4-7-10-13-16-18-20-22-24-26-28-29-31-32-34-36-38-40-43-46-49-52-58(61)64-55-56(54-63-57(60)51-48-45-42-15-12-9-6-3)65-59(62)53-50-47-44-41-39-37-35-33-30-27-25-23-21-19-17-14-11-8-5-2/h7,10,16,18,22-25,28-29,32,34,56H,4-6,8-9,11-15,17,19-21,26-27,30-31,33,35-55H2,1-3H3/b10-7-,18-16-,24-22-,25-23-,29-28-,34-32-. The molecule has 0 heterocycles. The average molecular weight is 907 g/mol. The third-order valence-electron chi connectivity index (χ3n) is 11.7. The highest BCUT2D eigenvalue weighted by molar-refractivity contribution is 5.71. The molecule has 0 amide bonds. The molecular formula is C59H102O6. The number of allylic oxidation sites excluding steroid dienone is 12. The summed E-state index contributed by atoms with van der Waals surface area (Å²) in [7, 11) is 0. The monoisotopic (exact) mass is 907 g/mol. The molecule has 0 radical (unpaired) electrons. The van der Waals surface area contributed by atoms with Gasteiger partial charge in [-0.25, -0.2) is 0 Å². The lowest BCUT2D eigenvalue weighted by Gasteiger charge is -2.18. The topological polar surface area (TPSA) is 78.9 Å². The van der Waals surface area contributed by atoms with Gasteiger partial charge in [0.15, 0.2) is 6.10 Å². The maximum absolute atomic E-state index is 12.8. The SMILES string of the molecule is CC/C=C\C/C=C\C/C=C\C/C=C\C/C=C\CCCCCCCC(=O)OCC(COC(=O)CCCCCCCCC)OC(=O)CCCCCCCCCCC/C=C\CCCCCCCC. The Hall–Kier alpha value is -3.15. The van der Waals surface area contributed by atoms with Gasteiger partial charge in [0.25, 0.3) is 0 Å². The molecule has 0 bridgehead atoms. The van der Waals surface area contributed by atoms with Crippen molar-refractivity contribution in [3.05, 3.63) is 72.9 Å². The zero-order valence-electron chi connectivity index (χ0n) is 42.7. The molecule has 0 spiro atoms. The van der Waals surface area contributed by atoms with Crippen LogP contribution in [0.1, 0.15) is 265 Å². The molecule has 6 nitrogen and oxygen atoms in total. The lowest BCUT2D eigenvalue weighted by molar-refractivity contribution is -0.167. The van der Waals surface area contributed by atoms with Gasteiger partial charge in [0.2, 0.25) is 0 Å². The predicted octanol–water partition coefficient (Wildman–Crippen LogP) is 18.2. The largest absolute Gasteiger partial charge is 0.462 e. The van der Waals surface area contributed by atoms with Crippen molar-refractivity contribution in [3.63, 3.8) is 0 Å². The molecule has 0 saturated heterocycles. The molecule has 65 heavy (non-hydrogen) atoms. The minimum absolute atomic E-state index is 0.0816. The number of hydrogen-bond donors (Lipinski definition) is 0. The second kappa shape index (κ2) is 53.5. The lowest BCUT2D eigenvalue weighted by Crippen LogP contribution is -2.30. The van der Waals surface area contributed by atoms with E-state index in [2.05, 4.69) is 93.7 Å². The van der Waals surface area contributed by atoms with Crippen LogP contribution in [0.3, 0.4) is 0 Å². The second-order valence-electron chi connectivity index (χ2n) is 18.1. The molecule has 0 aliphatic carbocycles. The van der Waals surface area contributed by atoms with E-state index < -0.39 is 6.10 Å². The first-order chi connectivity index (χ1) is 32.0. The van der Waals surface area contributed by atoms with Crippen molar-refractivity contribution >= 4 is 17.9 Å². The molecule has 374 valence electrons. The Labute approximate surface area is 402 Å². The maximum Gasteiger partial charge on any atom is 0.306 e. The smallest absolute Gasteiger partial charge is 0.306 e. The number of unbranched alkanes of at least 4 members (excludes halogenated alkanes) is 26. The maximum atomic E-state index is 12.8. The van der Waals surface area contributed by atoms with E-state index in [4.69, 9.17) is 14.2 Å².